The van der Waals surface area contributed by atoms with E-state index < -0.39 is 0 Å². The Morgan fingerprint density at radius 2 is 1.30 bits per heavy atom. The lowest BCUT2D eigenvalue weighted by atomic mass is 9.98. The fourth-order valence-corrected chi connectivity index (χ4v) is 4.65. The average molecular weight is 422 g/mol. The molecule has 0 N–H and O–H groups in total. The lowest BCUT2D eigenvalue weighted by molar-refractivity contribution is 1.18. The smallest absolute Gasteiger partial charge is 0.101 e. The van der Waals surface area contributed by atoms with Crippen molar-refractivity contribution in [1.29, 1.82) is 5.26 Å². The molecule has 0 radical (unpaired) electrons. The largest absolute Gasteiger partial charge is 0.309 e. The molecular weight excluding hydrogens is 402 g/mol. The molecule has 3 heteroatoms. The normalized spacial score (nSPS) is 11.0. The molecule has 4 aromatic carbocycles. The van der Waals surface area contributed by atoms with E-state index in [1.807, 2.05) is 12.1 Å². The van der Waals surface area contributed by atoms with Crippen LogP contribution in [0.15, 0.2) is 115 Å². The van der Waals surface area contributed by atoms with Crippen LogP contribution >= 0.6 is 0 Å². The summed E-state index contributed by atoms with van der Waals surface area (Å²) in [6.07, 6.45) is 1.73. The molecule has 6 rings (SSSR count). The minimum absolute atomic E-state index is 0.574. The van der Waals surface area contributed by atoms with Crippen LogP contribution in [0.3, 0.4) is 0 Å². The molecule has 0 bridgehead atoms. The number of fused-ring (bicyclic) bond motifs is 3. The zero-order valence-electron chi connectivity index (χ0n) is 17.8. The summed E-state index contributed by atoms with van der Waals surface area (Å²) < 4.78 is 2.34. The second-order valence-electron chi connectivity index (χ2n) is 7.98. The molecule has 0 unspecified atom stereocenters. The van der Waals surface area contributed by atoms with Crippen molar-refractivity contribution in [2.24, 2.45) is 0 Å². The van der Waals surface area contributed by atoms with E-state index in [2.05, 4.69) is 101 Å². The molecule has 0 saturated carbocycles. The van der Waals surface area contributed by atoms with E-state index in [1.54, 1.807) is 18.3 Å². The highest BCUT2D eigenvalue weighted by molar-refractivity contribution is 6.09. The SMILES string of the molecule is N#Cc1cccnc1-c1cccc(-c2ccccc2-n2c3ccccc3c3ccccc32)c1. The Balaban J connectivity index is 1.61. The number of para-hydroxylation sites is 3. The Morgan fingerprint density at radius 1 is 0.636 bits per heavy atom. The van der Waals surface area contributed by atoms with Crippen LogP contribution < -0.4 is 0 Å². The quantitative estimate of drug-likeness (QED) is 0.299. The molecule has 0 aliphatic heterocycles. The molecule has 0 fully saturated rings. The standard InChI is InChI=1S/C30H19N3/c31-20-23-11-8-18-32-30(23)22-10-7-9-21(19-22)24-12-1-4-15-27(24)33-28-16-5-2-13-25(28)26-14-3-6-17-29(26)33/h1-19H. The van der Waals surface area contributed by atoms with Crippen LogP contribution in [-0.4, -0.2) is 9.55 Å². The zero-order chi connectivity index (χ0) is 22.2. The van der Waals surface area contributed by atoms with Gasteiger partial charge in [0.15, 0.2) is 0 Å². The van der Waals surface area contributed by atoms with Crippen molar-refractivity contribution in [2.45, 2.75) is 0 Å². The number of nitrogens with zero attached hydrogens (tertiary/aromatic N) is 3. The van der Waals surface area contributed by atoms with Gasteiger partial charge in [-0.3, -0.25) is 4.98 Å². The Labute approximate surface area is 191 Å². The predicted molar refractivity (Wildman–Crippen MR) is 134 cm³/mol. The molecule has 0 atom stereocenters. The Kier molecular flexibility index (Phi) is 4.49. The van der Waals surface area contributed by atoms with Gasteiger partial charge in [-0.25, -0.2) is 0 Å². The Morgan fingerprint density at radius 3 is 2.06 bits per heavy atom. The van der Waals surface area contributed by atoms with Gasteiger partial charge >= 0.3 is 0 Å². The molecule has 2 aromatic heterocycles. The van der Waals surface area contributed by atoms with Gasteiger partial charge in [0.2, 0.25) is 0 Å². The second kappa shape index (κ2) is 7.78. The lowest BCUT2D eigenvalue weighted by Gasteiger charge is -2.15. The summed E-state index contributed by atoms with van der Waals surface area (Å²) in [5.41, 5.74) is 7.90. The third kappa shape index (κ3) is 3.09. The van der Waals surface area contributed by atoms with Gasteiger partial charge in [-0.05, 0) is 42.0 Å². The molecule has 33 heavy (non-hydrogen) atoms. The molecule has 2 heterocycles. The van der Waals surface area contributed by atoms with Crippen LogP contribution in [-0.2, 0) is 0 Å². The van der Waals surface area contributed by atoms with Crippen LogP contribution in [0.1, 0.15) is 5.56 Å². The van der Waals surface area contributed by atoms with Crippen molar-refractivity contribution >= 4 is 21.8 Å². The maximum Gasteiger partial charge on any atom is 0.101 e. The van der Waals surface area contributed by atoms with Gasteiger partial charge in [0.05, 0.1) is 28.0 Å². The number of hydrogen-bond donors (Lipinski definition) is 0. The van der Waals surface area contributed by atoms with Crippen molar-refractivity contribution in [1.82, 2.24) is 9.55 Å². The first-order chi connectivity index (χ1) is 16.3. The van der Waals surface area contributed by atoms with Gasteiger partial charge in [-0.2, -0.15) is 5.26 Å². The van der Waals surface area contributed by atoms with E-state index in [0.717, 1.165) is 22.4 Å². The minimum Gasteiger partial charge on any atom is -0.309 e. The summed E-state index contributed by atoms with van der Waals surface area (Å²) in [5.74, 6) is 0. The second-order valence-corrected chi connectivity index (χ2v) is 7.98. The van der Waals surface area contributed by atoms with Gasteiger partial charge in [-0.15, -0.1) is 0 Å². The molecule has 0 spiro atoms. The summed E-state index contributed by atoms with van der Waals surface area (Å²) in [6, 6.07) is 39.7. The van der Waals surface area contributed by atoms with Gasteiger partial charge < -0.3 is 4.57 Å². The van der Waals surface area contributed by atoms with Gasteiger partial charge in [-0.1, -0.05) is 72.8 Å². The molecule has 154 valence electrons. The van der Waals surface area contributed by atoms with E-state index in [-0.39, 0.29) is 0 Å². The number of aromatic nitrogens is 2. The topological polar surface area (TPSA) is 41.6 Å². The summed E-state index contributed by atoms with van der Waals surface area (Å²) in [6.45, 7) is 0. The molecular formula is C30H19N3. The van der Waals surface area contributed by atoms with Crippen molar-refractivity contribution < 1.29 is 0 Å². The van der Waals surface area contributed by atoms with E-state index >= 15 is 0 Å². The highest BCUT2D eigenvalue weighted by atomic mass is 15.0. The molecule has 0 aliphatic rings. The van der Waals surface area contributed by atoms with Gasteiger partial charge in [0.1, 0.15) is 6.07 Å². The van der Waals surface area contributed by atoms with Crippen LogP contribution in [0, 0.1) is 11.3 Å². The van der Waals surface area contributed by atoms with Gasteiger partial charge in [0.25, 0.3) is 0 Å². The third-order valence-corrected chi connectivity index (χ3v) is 6.10. The number of pyridine rings is 1. The fourth-order valence-electron chi connectivity index (χ4n) is 4.65. The minimum atomic E-state index is 0.574. The van der Waals surface area contributed by atoms with E-state index in [0.29, 0.717) is 11.3 Å². The van der Waals surface area contributed by atoms with E-state index in [4.69, 9.17) is 0 Å². The molecule has 0 amide bonds. The molecule has 0 saturated heterocycles. The van der Waals surface area contributed by atoms with E-state index in [1.165, 1.54) is 21.8 Å². The van der Waals surface area contributed by atoms with Crippen molar-refractivity contribution in [3.63, 3.8) is 0 Å². The summed E-state index contributed by atoms with van der Waals surface area (Å²) in [5, 5.41) is 12.0. The highest BCUT2D eigenvalue weighted by Gasteiger charge is 2.15. The maximum absolute atomic E-state index is 9.54. The number of nitriles is 1. The van der Waals surface area contributed by atoms with Crippen LogP contribution in [0.2, 0.25) is 0 Å². The van der Waals surface area contributed by atoms with E-state index in [9.17, 15) is 5.26 Å². The van der Waals surface area contributed by atoms with Crippen molar-refractivity contribution in [3.05, 3.63) is 121 Å². The van der Waals surface area contributed by atoms with Crippen LogP contribution in [0.4, 0.5) is 0 Å². The van der Waals surface area contributed by atoms with Crippen LogP contribution in [0.25, 0.3) is 49.9 Å². The molecule has 3 nitrogen and oxygen atoms in total. The first-order valence-corrected chi connectivity index (χ1v) is 10.9. The summed E-state index contributed by atoms with van der Waals surface area (Å²) in [7, 11) is 0. The number of benzene rings is 4. The average Bonchev–Trinajstić information content (AvgIpc) is 3.23. The Bertz CT molecular complexity index is 1630. The fraction of sp³-hybridized carbons (Fsp3) is 0. The summed E-state index contributed by atoms with van der Waals surface area (Å²) in [4.78, 5) is 4.48. The first-order valence-electron chi connectivity index (χ1n) is 10.9. The zero-order valence-corrected chi connectivity index (χ0v) is 17.8. The highest BCUT2D eigenvalue weighted by Crippen LogP contribution is 2.36. The predicted octanol–water partition coefficient (Wildman–Crippen LogP) is 7.38. The van der Waals surface area contributed by atoms with Crippen molar-refractivity contribution in [3.8, 4) is 34.1 Å². The first kappa shape index (κ1) is 19.0. The molecule has 6 aromatic rings. The number of rotatable bonds is 3. The van der Waals surface area contributed by atoms with Gasteiger partial charge in [0, 0.05) is 28.1 Å². The third-order valence-electron chi connectivity index (χ3n) is 6.10. The Hall–Kier alpha value is -4.68. The maximum atomic E-state index is 9.54. The molecule has 0 aliphatic carbocycles. The number of hydrogen-bond acceptors (Lipinski definition) is 2. The van der Waals surface area contributed by atoms with Crippen LogP contribution in [0.5, 0.6) is 0 Å². The van der Waals surface area contributed by atoms with Crippen molar-refractivity contribution in [2.75, 3.05) is 0 Å². The summed E-state index contributed by atoms with van der Waals surface area (Å²) >= 11 is 0. The lowest BCUT2D eigenvalue weighted by Crippen LogP contribution is -1.97. The monoisotopic (exact) mass is 421 g/mol.